The number of hydrogen-bond donors (Lipinski definition) is 2. The third-order valence-corrected chi connectivity index (χ3v) is 3.36. The Bertz CT molecular complexity index is 356. The van der Waals surface area contributed by atoms with E-state index in [4.69, 9.17) is 11.5 Å². The molecule has 19 heavy (non-hydrogen) atoms. The molecule has 1 amide bonds. The standard InChI is InChI=1S/C14H24BrN3O/c1-3-12(10-15)9-11(2)18-13(16)7-5-4-6-8-14(17)19/h9H,2-8,10H2,1H3,(H2,16,18)(H2,17,19)/b12-9+. The van der Waals surface area contributed by atoms with Crippen LogP contribution in [0.2, 0.25) is 0 Å². The fraction of sp³-hybridized carbons (Fsp3) is 0.571. The van der Waals surface area contributed by atoms with E-state index in [1.54, 1.807) is 0 Å². The molecule has 0 saturated carbocycles. The van der Waals surface area contributed by atoms with E-state index in [-0.39, 0.29) is 5.91 Å². The molecule has 108 valence electrons. The number of unbranched alkanes of at least 4 members (excludes halogenated alkanes) is 2. The van der Waals surface area contributed by atoms with E-state index in [2.05, 4.69) is 34.4 Å². The summed E-state index contributed by atoms with van der Waals surface area (Å²) < 4.78 is 0. The highest BCUT2D eigenvalue weighted by Gasteiger charge is 1.98. The van der Waals surface area contributed by atoms with Crippen LogP contribution in [0, 0.1) is 0 Å². The molecule has 0 bridgehead atoms. The maximum Gasteiger partial charge on any atom is 0.217 e. The van der Waals surface area contributed by atoms with E-state index >= 15 is 0 Å². The SMILES string of the molecule is C=C(/C=C(\CC)CBr)N=C(N)CCCCCC(N)=O. The Morgan fingerprint density at radius 1 is 1.26 bits per heavy atom. The van der Waals surface area contributed by atoms with Gasteiger partial charge in [0.15, 0.2) is 0 Å². The number of hydrogen-bond acceptors (Lipinski definition) is 2. The number of amides is 1. The van der Waals surface area contributed by atoms with Gasteiger partial charge in [-0.05, 0) is 25.3 Å². The lowest BCUT2D eigenvalue weighted by Crippen LogP contribution is -2.12. The van der Waals surface area contributed by atoms with Gasteiger partial charge in [-0.1, -0.05) is 41.4 Å². The molecular formula is C14H24BrN3O. The summed E-state index contributed by atoms with van der Waals surface area (Å²) >= 11 is 3.41. The van der Waals surface area contributed by atoms with E-state index in [1.807, 2.05) is 6.08 Å². The number of carbonyl (C=O) groups excluding carboxylic acids is 1. The molecule has 0 aliphatic heterocycles. The number of alkyl halides is 1. The highest BCUT2D eigenvalue weighted by Crippen LogP contribution is 2.10. The largest absolute Gasteiger partial charge is 0.387 e. The van der Waals surface area contributed by atoms with Gasteiger partial charge in [0.25, 0.3) is 0 Å². The van der Waals surface area contributed by atoms with Crippen LogP contribution in [0.5, 0.6) is 0 Å². The molecule has 0 atom stereocenters. The molecule has 0 heterocycles. The van der Waals surface area contributed by atoms with Crippen LogP contribution in [-0.4, -0.2) is 17.1 Å². The number of amidine groups is 1. The summed E-state index contributed by atoms with van der Waals surface area (Å²) in [6.07, 6.45) is 6.75. The van der Waals surface area contributed by atoms with Crippen molar-refractivity contribution in [1.29, 1.82) is 0 Å². The zero-order chi connectivity index (χ0) is 14.7. The fourth-order valence-corrected chi connectivity index (χ4v) is 2.08. The van der Waals surface area contributed by atoms with E-state index in [0.717, 1.165) is 37.4 Å². The van der Waals surface area contributed by atoms with Gasteiger partial charge in [0.2, 0.25) is 5.91 Å². The van der Waals surface area contributed by atoms with Crippen molar-refractivity contribution in [3.63, 3.8) is 0 Å². The number of halogens is 1. The molecule has 4 nitrogen and oxygen atoms in total. The van der Waals surface area contributed by atoms with Gasteiger partial charge in [-0.15, -0.1) is 0 Å². The Morgan fingerprint density at radius 2 is 1.89 bits per heavy atom. The van der Waals surface area contributed by atoms with Crippen molar-refractivity contribution in [1.82, 2.24) is 0 Å². The lowest BCUT2D eigenvalue weighted by Gasteiger charge is -2.02. The van der Waals surface area contributed by atoms with Crippen LogP contribution in [0.4, 0.5) is 0 Å². The molecular weight excluding hydrogens is 306 g/mol. The van der Waals surface area contributed by atoms with Crippen molar-refractivity contribution in [2.75, 3.05) is 5.33 Å². The second-order valence-electron chi connectivity index (χ2n) is 4.41. The summed E-state index contributed by atoms with van der Waals surface area (Å²) in [6, 6.07) is 0. The van der Waals surface area contributed by atoms with Gasteiger partial charge >= 0.3 is 0 Å². The first-order chi connectivity index (χ1) is 8.99. The minimum atomic E-state index is -0.248. The summed E-state index contributed by atoms with van der Waals surface area (Å²) in [4.78, 5) is 14.8. The second kappa shape index (κ2) is 10.8. The highest BCUT2D eigenvalue weighted by molar-refractivity contribution is 9.09. The Kier molecular flexibility index (Phi) is 10.2. The van der Waals surface area contributed by atoms with Crippen molar-refractivity contribution in [2.45, 2.75) is 45.4 Å². The summed E-state index contributed by atoms with van der Waals surface area (Å²) in [5.74, 6) is 0.340. The molecule has 0 aromatic rings. The lowest BCUT2D eigenvalue weighted by molar-refractivity contribution is -0.118. The van der Waals surface area contributed by atoms with E-state index in [1.165, 1.54) is 5.57 Å². The average Bonchev–Trinajstić information content (AvgIpc) is 2.35. The van der Waals surface area contributed by atoms with Crippen molar-refractivity contribution < 1.29 is 4.79 Å². The van der Waals surface area contributed by atoms with Crippen LogP contribution >= 0.6 is 15.9 Å². The first-order valence-electron chi connectivity index (χ1n) is 6.55. The molecule has 4 N–H and O–H groups in total. The predicted octanol–water partition coefficient (Wildman–Crippen LogP) is 3.02. The van der Waals surface area contributed by atoms with Gasteiger partial charge in [0.05, 0.1) is 11.5 Å². The van der Waals surface area contributed by atoms with E-state index < -0.39 is 0 Å². The molecule has 0 aromatic carbocycles. The first kappa shape index (κ1) is 17.9. The molecule has 0 aromatic heterocycles. The van der Waals surface area contributed by atoms with Crippen LogP contribution in [0.1, 0.15) is 45.4 Å². The van der Waals surface area contributed by atoms with Gasteiger partial charge in [0, 0.05) is 18.2 Å². The number of carbonyl (C=O) groups is 1. The van der Waals surface area contributed by atoms with E-state index in [0.29, 0.717) is 18.0 Å². The Labute approximate surface area is 124 Å². The summed E-state index contributed by atoms with van der Waals surface area (Å²) in [7, 11) is 0. The number of rotatable bonds is 10. The molecule has 0 saturated heterocycles. The van der Waals surface area contributed by atoms with Crippen LogP contribution in [-0.2, 0) is 4.79 Å². The number of allylic oxidation sites excluding steroid dienone is 2. The Hall–Kier alpha value is -1.10. The van der Waals surface area contributed by atoms with Crippen LogP contribution < -0.4 is 11.5 Å². The average molecular weight is 330 g/mol. The molecule has 5 heteroatoms. The predicted molar refractivity (Wildman–Crippen MR) is 85.2 cm³/mol. The topological polar surface area (TPSA) is 81.5 Å². The second-order valence-corrected chi connectivity index (χ2v) is 4.97. The molecule has 0 radical (unpaired) electrons. The quantitative estimate of drug-likeness (QED) is 0.212. The number of aliphatic imine (C=N–C) groups is 1. The zero-order valence-electron chi connectivity index (χ0n) is 11.6. The van der Waals surface area contributed by atoms with Gasteiger partial charge in [0.1, 0.15) is 0 Å². The van der Waals surface area contributed by atoms with Crippen molar-refractivity contribution >= 4 is 27.7 Å². The third kappa shape index (κ3) is 10.5. The van der Waals surface area contributed by atoms with Gasteiger partial charge in [-0.2, -0.15) is 0 Å². The lowest BCUT2D eigenvalue weighted by atomic mass is 10.1. The summed E-state index contributed by atoms with van der Waals surface area (Å²) in [5, 5.41) is 0.824. The zero-order valence-corrected chi connectivity index (χ0v) is 13.2. The molecule has 0 unspecified atom stereocenters. The van der Waals surface area contributed by atoms with Crippen LogP contribution in [0.15, 0.2) is 28.9 Å². The van der Waals surface area contributed by atoms with Gasteiger partial charge < -0.3 is 11.5 Å². The Balaban J connectivity index is 4.02. The van der Waals surface area contributed by atoms with Gasteiger partial charge in [-0.3, -0.25) is 4.79 Å². The van der Waals surface area contributed by atoms with E-state index in [9.17, 15) is 4.79 Å². The third-order valence-electron chi connectivity index (χ3n) is 2.64. The monoisotopic (exact) mass is 329 g/mol. The summed E-state index contributed by atoms with van der Waals surface area (Å²) in [6.45, 7) is 5.96. The molecule has 0 aliphatic carbocycles. The van der Waals surface area contributed by atoms with Crippen molar-refractivity contribution in [2.24, 2.45) is 16.5 Å². The van der Waals surface area contributed by atoms with Crippen LogP contribution in [0.25, 0.3) is 0 Å². The molecule has 0 rings (SSSR count). The molecule has 0 spiro atoms. The van der Waals surface area contributed by atoms with Gasteiger partial charge in [-0.25, -0.2) is 4.99 Å². The minimum Gasteiger partial charge on any atom is -0.387 e. The maximum absolute atomic E-state index is 10.6. The van der Waals surface area contributed by atoms with Crippen molar-refractivity contribution in [3.8, 4) is 0 Å². The molecule has 0 fully saturated rings. The van der Waals surface area contributed by atoms with Crippen molar-refractivity contribution in [3.05, 3.63) is 23.9 Å². The number of nitrogens with two attached hydrogens (primary N) is 2. The normalized spacial score (nSPS) is 12.5. The minimum absolute atomic E-state index is 0.248. The highest BCUT2D eigenvalue weighted by atomic mass is 79.9. The number of primary amides is 1. The first-order valence-corrected chi connectivity index (χ1v) is 7.67. The fourth-order valence-electron chi connectivity index (χ4n) is 1.53. The van der Waals surface area contributed by atoms with Crippen LogP contribution in [0.3, 0.4) is 0 Å². The molecule has 0 aliphatic rings. The smallest absolute Gasteiger partial charge is 0.217 e. The summed E-state index contributed by atoms with van der Waals surface area (Å²) in [5.41, 5.74) is 12.8. The maximum atomic E-state index is 10.6. The Morgan fingerprint density at radius 3 is 2.42 bits per heavy atom. The number of nitrogens with zero attached hydrogens (tertiary/aromatic N) is 1.